The van der Waals surface area contributed by atoms with Gasteiger partial charge in [0.1, 0.15) is 0 Å². The summed E-state index contributed by atoms with van der Waals surface area (Å²) in [6, 6.07) is 13.3. The third-order valence-corrected chi connectivity index (χ3v) is 5.78. The molecule has 204 valence electrons. The molecule has 3 rings (SSSR count). The van der Waals surface area contributed by atoms with E-state index in [-0.39, 0.29) is 11.8 Å². The lowest BCUT2D eigenvalue weighted by Gasteiger charge is -2.09. The molecular weight excluding hydrogens is 482 g/mol. The number of carbonyl (C=O) groups excluding carboxylic acids is 2. The number of hydrogen-bond acceptors (Lipinski definition) is 6. The summed E-state index contributed by atoms with van der Waals surface area (Å²) in [5, 5.41) is 5.82. The fraction of sp³-hybridized carbons (Fsp3) is 0.414. The summed E-state index contributed by atoms with van der Waals surface area (Å²) in [5.74, 6) is 0.147. The first-order chi connectivity index (χ1) is 18.5. The fourth-order valence-corrected chi connectivity index (χ4v) is 3.88. The first kappa shape index (κ1) is 29.0. The molecule has 0 unspecified atom stereocenters. The van der Waals surface area contributed by atoms with E-state index in [1.54, 1.807) is 12.1 Å². The number of nitrogens with one attached hydrogen (secondary N) is 2. The average molecular weight is 522 g/mol. The summed E-state index contributed by atoms with van der Waals surface area (Å²) in [6.45, 7) is 8.22. The van der Waals surface area contributed by atoms with Crippen LogP contribution in [0.3, 0.4) is 0 Å². The Morgan fingerprint density at radius 1 is 1.05 bits per heavy atom. The molecule has 1 aromatic heterocycles. The minimum Gasteiger partial charge on any atom is -0.379 e. The number of aryl methyl sites for hydroxylation is 2. The van der Waals surface area contributed by atoms with E-state index < -0.39 is 0 Å². The number of ether oxygens (including phenoxy) is 2. The lowest BCUT2D eigenvalue weighted by Crippen LogP contribution is -2.23. The van der Waals surface area contributed by atoms with E-state index >= 15 is 0 Å². The molecule has 0 aliphatic heterocycles. The second kappa shape index (κ2) is 15.7. The largest absolute Gasteiger partial charge is 0.379 e. The number of nitrogens with zero attached hydrogens (tertiary/aromatic N) is 2. The summed E-state index contributed by atoms with van der Waals surface area (Å²) in [4.78, 5) is 29.7. The highest BCUT2D eigenvalue weighted by Gasteiger charge is 2.14. The van der Waals surface area contributed by atoms with Gasteiger partial charge in [0, 0.05) is 37.9 Å². The highest BCUT2D eigenvalue weighted by Crippen LogP contribution is 2.23. The topological polar surface area (TPSA) is 120 Å². The molecule has 0 saturated carbocycles. The predicted molar refractivity (Wildman–Crippen MR) is 151 cm³/mol. The maximum Gasteiger partial charge on any atom is 0.257 e. The smallest absolute Gasteiger partial charge is 0.257 e. The molecule has 0 aliphatic rings. The molecule has 1 heterocycles. The minimum absolute atomic E-state index is 0.169. The van der Waals surface area contributed by atoms with Gasteiger partial charge in [-0.25, -0.2) is 4.98 Å². The Hall–Kier alpha value is -3.53. The third kappa shape index (κ3) is 9.09. The quantitative estimate of drug-likeness (QED) is 0.194. The zero-order valence-corrected chi connectivity index (χ0v) is 22.4. The van der Waals surface area contributed by atoms with Gasteiger partial charge in [-0.3, -0.25) is 14.9 Å². The third-order valence-electron chi connectivity index (χ3n) is 5.78. The summed E-state index contributed by atoms with van der Waals surface area (Å²) in [7, 11) is 0. The van der Waals surface area contributed by atoms with Crippen LogP contribution in [0.5, 0.6) is 0 Å². The molecule has 0 atom stereocenters. The number of amides is 2. The van der Waals surface area contributed by atoms with E-state index in [1.165, 1.54) is 6.08 Å². The molecule has 0 aliphatic carbocycles. The Kier molecular flexibility index (Phi) is 12.0. The van der Waals surface area contributed by atoms with Crippen LogP contribution in [0.4, 0.5) is 5.95 Å². The van der Waals surface area contributed by atoms with E-state index in [1.807, 2.05) is 47.9 Å². The van der Waals surface area contributed by atoms with Crippen molar-refractivity contribution in [2.45, 2.75) is 39.7 Å². The van der Waals surface area contributed by atoms with Crippen LogP contribution >= 0.6 is 0 Å². The Balaban J connectivity index is 1.52. The Morgan fingerprint density at radius 3 is 2.58 bits per heavy atom. The molecule has 0 fully saturated rings. The minimum atomic E-state index is -0.195. The van der Waals surface area contributed by atoms with Gasteiger partial charge in [-0.1, -0.05) is 30.7 Å². The molecule has 2 aromatic carbocycles. The molecule has 9 nitrogen and oxygen atoms in total. The van der Waals surface area contributed by atoms with Crippen molar-refractivity contribution in [3.63, 3.8) is 0 Å². The van der Waals surface area contributed by atoms with Gasteiger partial charge in [0.2, 0.25) is 11.9 Å². The maximum atomic E-state index is 12.8. The Bertz CT molecular complexity index is 1220. The van der Waals surface area contributed by atoms with Crippen LogP contribution in [0, 0.1) is 6.92 Å². The zero-order valence-electron chi connectivity index (χ0n) is 22.4. The van der Waals surface area contributed by atoms with Gasteiger partial charge in [-0.15, -0.1) is 0 Å². The molecule has 4 N–H and O–H groups in total. The first-order valence-corrected chi connectivity index (χ1v) is 13.2. The van der Waals surface area contributed by atoms with Crippen LogP contribution in [0.25, 0.3) is 17.1 Å². The molecular formula is C29H39N5O4. The van der Waals surface area contributed by atoms with Crippen molar-refractivity contribution in [1.29, 1.82) is 0 Å². The van der Waals surface area contributed by atoms with E-state index in [9.17, 15) is 9.59 Å². The summed E-state index contributed by atoms with van der Waals surface area (Å²) in [6.07, 6.45) is 5.74. The number of benzene rings is 2. The normalized spacial score (nSPS) is 11.3. The molecule has 9 heteroatoms. The number of hydrogen-bond donors (Lipinski definition) is 3. The highest BCUT2D eigenvalue weighted by molar-refractivity contribution is 6.04. The second-order valence-corrected chi connectivity index (χ2v) is 9.00. The van der Waals surface area contributed by atoms with Gasteiger partial charge in [0.05, 0.1) is 24.2 Å². The predicted octanol–water partition coefficient (Wildman–Crippen LogP) is 3.91. The molecule has 0 bridgehead atoms. The number of aromatic nitrogens is 2. The van der Waals surface area contributed by atoms with Gasteiger partial charge in [0.15, 0.2) is 0 Å². The fourth-order valence-electron chi connectivity index (χ4n) is 3.88. The first-order valence-electron chi connectivity index (χ1n) is 13.2. The van der Waals surface area contributed by atoms with Crippen molar-refractivity contribution >= 4 is 34.9 Å². The monoisotopic (exact) mass is 521 g/mol. The van der Waals surface area contributed by atoms with E-state index in [0.29, 0.717) is 51.0 Å². The standard InChI is InChI=1S/C29H39N5O4/c1-3-15-34-26-11-9-23(10-12-27(35)31-14-6-17-38-19-18-37-16-5-13-30)21-25(26)32-29(34)33-28(36)24-8-4-7-22(2)20-24/h4,7-12,20-21H,3,5-6,13-19,30H2,1-2H3,(H,31,35)(H,32,33,36)/b12-10+. The Morgan fingerprint density at radius 2 is 1.84 bits per heavy atom. The molecule has 0 saturated heterocycles. The van der Waals surface area contributed by atoms with Crippen LogP contribution in [0.2, 0.25) is 0 Å². The van der Waals surface area contributed by atoms with Gasteiger partial charge < -0.3 is 25.1 Å². The molecule has 38 heavy (non-hydrogen) atoms. The number of rotatable bonds is 16. The molecule has 3 aromatic rings. The van der Waals surface area contributed by atoms with Crippen molar-refractivity contribution in [1.82, 2.24) is 14.9 Å². The zero-order chi connectivity index (χ0) is 27.2. The van der Waals surface area contributed by atoms with Crippen molar-refractivity contribution < 1.29 is 19.1 Å². The van der Waals surface area contributed by atoms with E-state index in [0.717, 1.165) is 48.0 Å². The lowest BCUT2D eigenvalue weighted by atomic mass is 10.1. The Labute approximate surface area is 224 Å². The van der Waals surface area contributed by atoms with Gasteiger partial charge in [0.25, 0.3) is 5.91 Å². The maximum absolute atomic E-state index is 12.8. The second-order valence-electron chi connectivity index (χ2n) is 9.00. The lowest BCUT2D eigenvalue weighted by molar-refractivity contribution is -0.116. The SMILES string of the molecule is CCCn1c(NC(=O)c2cccc(C)c2)nc2cc(/C=C/C(=O)NCCCOCCOCCCN)ccc21. The molecule has 0 radical (unpaired) electrons. The van der Waals surface area contributed by atoms with Crippen LogP contribution in [-0.2, 0) is 20.8 Å². The van der Waals surface area contributed by atoms with Crippen molar-refractivity contribution in [2.24, 2.45) is 5.73 Å². The van der Waals surface area contributed by atoms with Crippen LogP contribution < -0.4 is 16.4 Å². The number of nitrogens with two attached hydrogens (primary N) is 1. The number of carbonyl (C=O) groups is 2. The summed E-state index contributed by atoms with van der Waals surface area (Å²) >= 11 is 0. The van der Waals surface area contributed by atoms with Crippen molar-refractivity contribution in [3.05, 3.63) is 65.2 Å². The van der Waals surface area contributed by atoms with Gasteiger partial charge >= 0.3 is 0 Å². The number of imidazole rings is 1. The van der Waals surface area contributed by atoms with Crippen molar-refractivity contribution in [3.8, 4) is 0 Å². The average Bonchev–Trinajstić information content (AvgIpc) is 3.24. The van der Waals surface area contributed by atoms with E-state index in [4.69, 9.17) is 15.2 Å². The van der Waals surface area contributed by atoms with Crippen LogP contribution in [-0.4, -0.2) is 60.9 Å². The molecule has 0 spiro atoms. The van der Waals surface area contributed by atoms with E-state index in [2.05, 4.69) is 22.5 Å². The highest BCUT2D eigenvalue weighted by atomic mass is 16.5. The summed E-state index contributed by atoms with van der Waals surface area (Å²) < 4.78 is 12.9. The van der Waals surface area contributed by atoms with Crippen molar-refractivity contribution in [2.75, 3.05) is 44.8 Å². The van der Waals surface area contributed by atoms with Crippen LogP contribution in [0.15, 0.2) is 48.5 Å². The summed E-state index contributed by atoms with van der Waals surface area (Å²) in [5.41, 5.74) is 9.56. The van der Waals surface area contributed by atoms with Gasteiger partial charge in [-0.05, 0) is 68.6 Å². The van der Waals surface area contributed by atoms with Crippen LogP contribution in [0.1, 0.15) is 47.7 Å². The molecule has 2 amide bonds. The number of fused-ring (bicyclic) bond motifs is 1. The van der Waals surface area contributed by atoms with Gasteiger partial charge in [-0.2, -0.15) is 0 Å². The number of anilines is 1.